The molecule has 0 atom stereocenters. The zero-order valence-electron chi connectivity index (χ0n) is 14.3. The highest BCUT2D eigenvalue weighted by Gasteiger charge is 2.31. The van der Waals surface area contributed by atoms with Gasteiger partial charge in [0.05, 0.1) is 5.69 Å². The van der Waals surface area contributed by atoms with Crippen LogP contribution in [0.15, 0.2) is 30.3 Å². The number of ether oxygens (including phenoxy) is 1. The number of piperazine rings is 1. The fourth-order valence-corrected chi connectivity index (χ4v) is 3.23. The number of benzene rings is 1. The van der Waals surface area contributed by atoms with E-state index in [1.165, 1.54) is 25.0 Å². The summed E-state index contributed by atoms with van der Waals surface area (Å²) in [7, 11) is 0. The lowest BCUT2D eigenvalue weighted by Crippen LogP contribution is -2.43. The molecule has 0 amide bonds. The molecule has 1 saturated heterocycles. The number of anilines is 1. The van der Waals surface area contributed by atoms with Crippen molar-refractivity contribution in [3.8, 4) is 11.4 Å². The predicted octanol–water partition coefficient (Wildman–Crippen LogP) is 3.13. The lowest BCUT2D eigenvalue weighted by molar-refractivity contribution is -0.274. The van der Waals surface area contributed by atoms with E-state index in [9.17, 15) is 13.2 Å². The van der Waals surface area contributed by atoms with Crippen LogP contribution in [0.5, 0.6) is 5.75 Å². The standard InChI is InChI=1S/C18H21F3N4O/c19-18(20,21)26-16-5-3-14(4-6-16)25-15(11-13-1-2-13)12-17(23-25)24-9-7-22-8-10-24/h3-6,12-13,22H,1-2,7-11H2. The maximum Gasteiger partial charge on any atom is 0.573 e. The third-order valence-electron chi connectivity index (χ3n) is 4.72. The molecule has 140 valence electrons. The van der Waals surface area contributed by atoms with Crippen LogP contribution in [-0.2, 0) is 6.42 Å². The lowest BCUT2D eigenvalue weighted by atomic mass is 10.2. The van der Waals surface area contributed by atoms with Crippen molar-refractivity contribution in [2.24, 2.45) is 5.92 Å². The van der Waals surface area contributed by atoms with Crippen LogP contribution in [0.3, 0.4) is 0 Å². The van der Waals surface area contributed by atoms with Crippen LogP contribution in [0.1, 0.15) is 18.5 Å². The van der Waals surface area contributed by atoms with Crippen LogP contribution >= 0.6 is 0 Å². The van der Waals surface area contributed by atoms with E-state index >= 15 is 0 Å². The molecule has 1 aliphatic carbocycles. The van der Waals surface area contributed by atoms with Gasteiger partial charge in [-0.05, 0) is 49.4 Å². The molecule has 8 heteroatoms. The van der Waals surface area contributed by atoms with Gasteiger partial charge in [0.1, 0.15) is 5.75 Å². The molecular weight excluding hydrogens is 345 g/mol. The fraction of sp³-hybridized carbons (Fsp3) is 0.500. The molecule has 1 saturated carbocycles. The van der Waals surface area contributed by atoms with Gasteiger partial charge in [0.15, 0.2) is 5.82 Å². The minimum atomic E-state index is -4.68. The quantitative estimate of drug-likeness (QED) is 0.883. The molecule has 0 unspecified atom stereocenters. The second kappa shape index (κ2) is 6.83. The largest absolute Gasteiger partial charge is 0.573 e. The molecule has 1 N–H and O–H groups in total. The van der Waals surface area contributed by atoms with Gasteiger partial charge in [-0.1, -0.05) is 0 Å². The third-order valence-corrected chi connectivity index (χ3v) is 4.72. The van der Waals surface area contributed by atoms with E-state index in [-0.39, 0.29) is 5.75 Å². The maximum atomic E-state index is 12.3. The summed E-state index contributed by atoms with van der Waals surface area (Å²) in [5.41, 5.74) is 1.85. The molecule has 5 nitrogen and oxygen atoms in total. The van der Waals surface area contributed by atoms with E-state index in [0.717, 1.165) is 49.8 Å². The number of nitrogens with one attached hydrogen (secondary N) is 1. The van der Waals surface area contributed by atoms with Crippen LogP contribution in [0, 0.1) is 5.92 Å². The Kier molecular flexibility index (Phi) is 4.52. The smallest absolute Gasteiger partial charge is 0.406 e. The van der Waals surface area contributed by atoms with Gasteiger partial charge in [0.25, 0.3) is 0 Å². The number of aromatic nitrogens is 2. The monoisotopic (exact) mass is 366 g/mol. The molecule has 2 aromatic rings. The summed E-state index contributed by atoms with van der Waals surface area (Å²) in [5.74, 6) is 1.39. The Morgan fingerprint density at radius 2 is 1.81 bits per heavy atom. The highest BCUT2D eigenvalue weighted by Crippen LogP contribution is 2.34. The summed E-state index contributed by atoms with van der Waals surface area (Å²) in [5, 5.41) is 8.06. The summed E-state index contributed by atoms with van der Waals surface area (Å²) < 4.78 is 42.8. The SMILES string of the molecule is FC(F)(F)Oc1ccc(-n2nc(N3CCNCC3)cc2CC2CC2)cc1. The summed E-state index contributed by atoms with van der Waals surface area (Å²) >= 11 is 0. The fourth-order valence-electron chi connectivity index (χ4n) is 3.23. The second-order valence-corrected chi connectivity index (χ2v) is 6.83. The summed E-state index contributed by atoms with van der Waals surface area (Å²) in [6.07, 6.45) is -1.28. The molecule has 1 aromatic carbocycles. The van der Waals surface area contributed by atoms with Crippen molar-refractivity contribution in [2.75, 3.05) is 31.1 Å². The number of nitrogens with zero attached hydrogens (tertiary/aromatic N) is 3. The first-order chi connectivity index (χ1) is 12.5. The molecule has 2 fully saturated rings. The zero-order valence-corrected chi connectivity index (χ0v) is 14.3. The molecule has 2 heterocycles. The van der Waals surface area contributed by atoms with Gasteiger partial charge < -0.3 is 15.0 Å². The van der Waals surface area contributed by atoms with Gasteiger partial charge in [0.2, 0.25) is 0 Å². The molecule has 4 rings (SSSR count). The van der Waals surface area contributed by atoms with Crippen molar-refractivity contribution in [3.63, 3.8) is 0 Å². The van der Waals surface area contributed by atoms with Crippen molar-refractivity contribution in [2.45, 2.75) is 25.6 Å². The topological polar surface area (TPSA) is 42.3 Å². The Bertz CT molecular complexity index is 747. The molecule has 2 aliphatic rings. The van der Waals surface area contributed by atoms with Crippen molar-refractivity contribution < 1.29 is 17.9 Å². The highest BCUT2D eigenvalue weighted by molar-refractivity contribution is 5.46. The van der Waals surface area contributed by atoms with Gasteiger partial charge in [-0.2, -0.15) is 5.10 Å². The average Bonchev–Trinajstić information content (AvgIpc) is 3.32. The normalized spacial score (nSPS) is 18.2. The van der Waals surface area contributed by atoms with Crippen LogP contribution in [0.2, 0.25) is 0 Å². The van der Waals surface area contributed by atoms with Crippen molar-refractivity contribution in [1.82, 2.24) is 15.1 Å². The van der Waals surface area contributed by atoms with E-state index in [0.29, 0.717) is 5.92 Å². The highest BCUT2D eigenvalue weighted by atomic mass is 19.4. The molecule has 0 radical (unpaired) electrons. The zero-order chi connectivity index (χ0) is 18.1. The van der Waals surface area contributed by atoms with E-state index in [1.807, 2.05) is 4.68 Å². The van der Waals surface area contributed by atoms with Gasteiger partial charge in [-0.3, -0.25) is 0 Å². The first kappa shape index (κ1) is 17.2. The number of rotatable bonds is 5. The van der Waals surface area contributed by atoms with E-state index in [1.54, 1.807) is 12.1 Å². The Balaban J connectivity index is 1.60. The van der Waals surface area contributed by atoms with E-state index in [4.69, 9.17) is 5.10 Å². The van der Waals surface area contributed by atoms with Crippen LogP contribution in [-0.4, -0.2) is 42.3 Å². The van der Waals surface area contributed by atoms with Crippen LogP contribution in [0.4, 0.5) is 19.0 Å². The molecular formula is C18H21F3N4O. The molecule has 1 aliphatic heterocycles. The minimum Gasteiger partial charge on any atom is -0.406 e. The number of hydrogen-bond acceptors (Lipinski definition) is 4. The van der Waals surface area contributed by atoms with Crippen LogP contribution < -0.4 is 15.0 Å². The first-order valence-electron chi connectivity index (χ1n) is 8.89. The minimum absolute atomic E-state index is 0.223. The predicted molar refractivity (Wildman–Crippen MR) is 91.8 cm³/mol. The number of hydrogen-bond donors (Lipinski definition) is 1. The Morgan fingerprint density at radius 1 is 1.12 bits per heavy atom. The summed E-state index contributed by atoms with van der Waals surface area (Å²) in [6.45, 7) is 3.65. The maximum absolute atomic E-state index is 12.3. The van der Waals surface area contributed by atoms with Crippen molar-refractivity contribution in [3.05, 3.63) is 36.0 Å². The second-order valence-electron chi connectivity index (χ2n) is 6.83. The third kappa shape index (κ3) is 4.12. The Hall–Kier alpha value is -2.22. The van der Waals surface area contributed by atoms with Crippen molar-refractivity contribution >= 4 is 5.82 Å². The molecule has 0 spiro atoms. The van der Waals surface area contributed by atoms with Crippen LogP contribution in [0.25, 0.3) is 5.69 Å². The molecule has 0 bridgehead atoms. The van der Waals surface area contributed by atoms with Gasteiger partial charge in [-0.25, -0.2) is 4.68 Å². The van der Waals surface area contributed by atoms with Crippen molar-refractivity contribution in [1.29, 1.82) is 0 Å². The first-order valence-corrected chi connectivity index (χ1v) is 8.89. The van der Waals surface area contributed by atoms with E-state index < -0.39 is 6.36 Å². The average molecular weight is 366 g/mol. The number of alkyl halides is 3. The van der Waals surface area contributed by atoms with E-state index in [2.05, 4.69) is 21.0 Å². The van der Waals surface area contributed by atoms with Gasteiger partial charge in [0, 0.05) is 37.9 Å². The Labute approximate surface area is 149 Å². The van der Waals surface area contributed by atoms with Gasteiger partial charge >= 0.3 is 6.36 Å². The van der Waals surface area contributed by atoms with Gasteiger partial charge in [-0.15, -0.1) is 13.2 Å². The lowest BCUT2D eigenvalue weighted by Gasteiger charge is -2.27. The Morgan fingerprint density at radius 3 is 2.42 bits per heavy atom. The number of halogens is 3. The summed E-state index contributed by atoms with van der Waals surface area (Å²) in [6, 6.07) is 8.01. The molecule has 1 aromatic heterocycles. The molecule has 26 heavy (non-hydrogen) atoms. The summed E-state index contributed by atoms with van der Waals surface area (Å²) in [4.78, 5) is 2.24.